The minimum Gasteiger partial charge on any atom is -0.493 e. The van der Waals surface area contributed by atoms with Crippen molar-refractivity contribution >= 4 is 54.5 Å². The molecule has 36 heavy (non-hydrogen) atoms. The van der Waals surface area contributed by atoms with Gasteiger partial charge in [0.05, 0.1) is 16.7 Å². The molecule has 1 aliphatic heterocycles. The van der Waals surface area contributed by atoms with Gasteiger partial charge in [0.25, 0.3) is 5.91 Å². The largest absolute Gasteiger partial charge is 0.493 e. The molecule has 0 saturated carbocycles. The van der Waals surface area contributed by atoms with Crippen molar-refractivity contribution in [1.82, 2.24) is 4.98 Å². The lowest BCUT2D eigenvalue weighted by molar-refractivity contribution is 0.103. The van der Waals surface area contributed by atoms with Crippen LogP contribution in [0.1, 0.15) is 26.9 Å². The van der Waals surface area contributed by atoms with Crippen molar-refractivity contribution in [2.24, 2.45) is 0 Å². The summed E-state index contributed by atoms with van der Waals surface area (Å²) in [5.74, 6) is -2.06. The summed E-state index contributed by atoms with van der Waals surface area (Å²) in [6.45, 7) is 0.298. The fourth-order valence-corrected chi connectivity index (χ4v) is 6.24. The normalized spacial score (nSPS) is 15.3. The highest BCUT2D eigenvalue weighted by Crippen LogP contribution is 2.41. The lowest BCUT2D eigenvalue weighted by Crippen LogP contribution is -2.20. The van der Waals surface area contributed by atoms with Crippen molar-refractivity contribution in [3.8, 4) is 17.4 Å². The molecule has 0 fully saturated rings. The molecule has 0 bridgehead atoms. The molecular formula is C24H17ClF2N2O5S2. The molecule has 12 heteroatoms. The standard InChI is InChI=1S/C24H17ClF2N2O5S2/c1-36(31,32)21-4-5-33-18-11-19-12(6-15(18)21)7-20(35-19)24(30)28-13-8-22(25)29-23(9-13)34-14-2-3-16(26)17(27)10-14/h2-3,6-11,21H,4-5H2,1H3,(H,28,29,30). The molecule has 0 saturated heterocycles. The highest BCUT2D eigenvalue weighted by Gasteiger charge is 2.30. The number of aromatic nitrogens is 1. The van der Waals surface area contributed by atoms with Gasteiger partial charge in [-0.05, 0) is 41.8 Å². The van der Waals surface area contributed by atoms with Crippen LogP contribution in [-0.2, 0) is 9.84 Å². The predicted molar refractivity (Wildman–Crippen MR) is 133 cm³/mol. The first-order valence-corrected chi connectivity index (χ1v) is 13.7. The molecule has 1 unspecified atom stereocenters. The Morgan fingerprint density at radius 2 is 1.97 bits per heavy atom. The number of anilines is 1. The number of hydrogen-bond acceptors (Lipinski definition) is 7. The highest BCUT2D eigenvalue weighted by atomic mass is 35.5. The number of hydrogen-bond donors (Lipinski definition) is 1. The van der Waals surface area contributed by atoms with Gasteiger partial charge in [0, 0.05) is 40.8 Å². The number of carbonyl (C=O) groups is 1. The molecular weight excluding hydrogens is 534 g/mol. The van der Waals surface area contributed by atoms with Crippen LogP contribution in [0.15, 0.2) is 48.5 Å². The lowest BCUT2D eigenvalue weighted by atomic mass is 10.0. The van der Waals surface area contributed by atoms with E-state index in [0.29, 0.717) is 29.2 Å². The Balaban J connectivity index is 1.40. The van der Waals surface area contributed by atoms with Crippen molar-refractivity contribution in [3.05, 3.63) is 75.8 Å². The third-order valence-electron chi connectivity index (χ3n) is 5.52. The van der Waals surface area contributed by atoms with Crippen molar-refractivity contribution in [2.45, 2.75) is 11.7 Å². The molecule has 1 amide bonds. The van der Waals surface area contributed by atoms with Crippen LogP contribution in [0, 0.1) is 11.6 Å². The van der Waals surface area contributed by atoms with E-state index in [4.69, 9.17) is 21.1 Å². The number of ether oxygens (including phenoxy) is 2. The average molecular weight is 551 g/mol. The second-order valence-electron chi connectivity index (χ2n) is 8.14. The van der Waals surface area contributed by atoms with Crippen LogP contribution in [0.25, 0.3) is 10.1 Å². The van der Waals surface area contributed by atoms with Crippen LogP contribution in [0.4, 0.5) is 14.5 Å². The number of thiophene rings is 1. The number of nitrogens with one attached hydrogen (secondary N) is 1. The van der Waals surface area contributed by atoms with Gasteiger partial charge in [-0.1, -0.05) is 11.6 Å². The third kappa shape index (κ3) is 4.99. The second-order valence-corrected chi connectivity index (χ2v) is 11.8. The predicted octanol–water partition coefficient (Wildman–Crippen LogP) is 6.14. The number of benzene rings is 2. The summed E-state index contributed by atoms with van der Waals surface area (Å²) >= 11 is 7.27. The molecule has 0 aliphatic carbocycles. The zero-order valence-electron chi connectivity index (χ0n) is 18.5. The van der Waals surface area contributed by atoms with E-state index in [1.54, 1.807) is 18.2 Å². The summed E-state index contributed by atoms with van der Waals surface area (Å²) in [6.07, 6.45) is 1.57. The van der Waals surface area contributed by atoms with Gasteiger partial charge in [0.2, 0.25) is 5.88 Å². The van der Waals surface area contributed by atoms with Crippen molar-refractivity contribution in [3.63, 3.8) is 0 Å². The van der Waals surface area contributed by atoms with Crippen molar-refractivity contribution < 1.29 is 31.5 Å². The number of carbonyl (C=O) groups excluding carboxylic acids is 1. The Hall–Kier alpha value is -3.28. The number of fused-ring (bicyclic) bond motifs is 2. The van der Waals surface area contributed by atoms with Crippen LogP contribution in [0.3, 0.4) is 0 Å². The highest BCUT2D eigenvalue weighted by molar-refractivity contribution is 7.90. The maximum Gasteiger partial charge on any atom is 0.265 e. The van der Waals surface area contributed by atoms with Gasteiger partial charge in [-0.15, -0.1) is 11.3 Å². The number of nitrogens with zero attached hydrogens (tertiary/aromatic N) is 1. The van der Waals surface area contributed by atoms with Gasteiger partial charge in [-0.3, -0.25) is 4.79 Å². The topological polar surface area (TPSA) is 94.6 Å². The number of rotatable bonds is 5. The summed E-state index contributed by atoms with van der Waals surface area (Å²) < 4.78 is 63.0. The summed E-state index contributed by atoms with van der Waals surface area (Å²) in [5, 5.41) is 2.79. The van der Waals surface area contributed by atoms with E-state index in [9.17, 15) is 22.0 Å². The molecule has 5 rings (SSSR count). The van der Waals surface area contributed by atoms with Gasteiger partial charge in [-0.2, -0.15) is 0 Å². The van der Waals surface area contributed by atoms with Crippen molar-refractivity contribution in [1.29, 1.82) is 0 Å². The van der Waals surface area contributed by atoms with E-state index < -0.39 is 32.6 Å². The summed E-state index contributed by atoms with van der Waals surface area (Å²) in [5.41, 5.74) is 0.857. The number of amides is 1. The number of halogens is 3. The average Bonchev–Trinajstić information content (AvgIpc) is 3.21. The molecule has 186 valence electrons. The molecule has 7 nitrogen and oxygen atoms in total. The molecule has 0 spiro atoms. The fraction of sp³-hybridized carbons (Fsp3) is 0.167. The third-order valence-corrected chi connectivity index (χ3v) is 8.33. The zero-order chi connectivity index (χ0) is 25.6. The smallest absolute Gasteiger partial charge is 0.265 e. The first-order chi connectivity index (χ1) is 17.1. The molecule has 3 heterocycles. The van der Waals surface area contributed by atoms with Gasteiger partial charge >= 0.3 is 0 Å². The minimum atomic E-state index is -3.32. The van der Waals surface area contributed by atoms with Gasteiger partial charge in [0.15, 0.2) is 21.5 Å². The first-order valence-electron chi connectivity index (χ1n) is 10.6. The van der Waals surface area contributed by atoms with Gasteiger partial charge < -0.3 is 14.8 Å². The monoisotopic (exact) mass is 550 g/mol. The number of sulfone groups is 1. The quantitative estimate of drug-likeness (QED) is 0.300. The van der Waals surface area contributed by atoms with E-state index in [0.717, 1.165) is 22.2 Å². The van der Waals surface area contributed by atoms with Gasteiger partial charge in [0.1, 0.15) is 16.7 Å². The van der Waals surface area contributed by atoms with Crippen LogP contribution in [-0.4, -0.2) is 32.2 Å². The molecule has 1 aliphatic rings. The SMILES string of the molecule is CS(=O)(=O)C1CCOc2cc3sc(C(=O)Nc4cc(Cl)nc(Oc5ccc(F)c(F)c5)c4)cc3cc21. The minimum absolute atomic E-state index is 0.00373. The van der Waals surface area contributed by atoms with Gasteiger partial charge in [-0.25, -0.2) is 22.2 Å². The Bertz CT molecular complexity index is 1620. The second kappa shape index (κ2) is 9.30. The van der Waals surface area contributed by atoms with Crippen LogP contribution < -0.4 is 14.8 Å². The Morgan fingerprint density at radius 1 is 1.17 bits per heavy atom. The molecule has 2 aromatic carbocycles. The van der Waals surface area contributed by atoms with E-state index in [2.05, 4.69) is 10.3 Å². The van der Waals surface area contributed by atoms with Crippen LogP contribution in [0.5, 0.6) is 17.4 Å². The number of pyridine rings is 1. The van der Waals surface area contributed by atoms with E-state index in [1.807, 2.05) is 0 Å². The van der Waals surface area contributed by atoms with Crippen molar-refractivity contribution in [2.75, 3.05) is 18.2 Å². The lowest BCUT2D eigenvalue weighted by Gasteiger charge is -2.24. The fourth-order valence-electron chi connectivity index (χ4n) is 3.90. The maximum absolute atomic E-state index is 13.5. The van der Waals surface area contributed by atoms with E-state index in [-0.39, 0.29) is 22.5 Å². The zero-order valence-corrected chi connectivity index (χ0v) is 20.9. The molecule has 2 aromatic heterocycles. The Kier molecular flexibility index (Phi) is 6.31. The Morgan fingerprint density at radius 3 is 2.72 bits per heavy atom. The summed E-state index contributed by atoms with van der Waals surface area (Å²) in [4.78, 5) is 17.3. The molecule has 0 radical (unpaired) electrons. The molecule has 1 N–H and O–H groups in total. The van der Waals surface area contributed by atoms with E-state index >= 15 is 0 Å². The summed E-state index contributed by atoms with van der Waals surface area (Å²) in [7, 11) is -3.32. The Labute approximate surface area is 213 Å². The maximum atomic E-state index is 13.5. The molecule has 4 aromatic rings. The van der Waals surface area contributed by atoms with E-state index in [1.165, 1.54) is 35.8 Å². The van der Waals surface area contributed by atoms with Crippen LogP contribution in [0.2, 0.25) is 5.15 Å². The first kappa shape index (κ1) is 24.4. The van der Waals surface area contributed by atoms with Crippen LogP contribution >= 0.6 is 22.9 Å². The summed E-state index contributed by atoms with van der Waals surface area (Å²) in [6, 6.07) is 11.0. The molecule has 1 atom stereocenters.